The van der Waals surface area contributed by atoms with E-state index in [0.29, 0.717) is 27.8 Å². The second-order valence-electron chi connectivity index (χ2n) is 10.8. The zero-order chi connectivity index (χ0) is 32.4. The summed E-state index contributed by atoms with van der Waals surface area (Å²) in [5.74, 6) is -0.874. The van der Waals surface area contributed by atoms with Crippen LogP contribution in [0.4, 0.5) is 5.69 Å². The van der Waals surface area contributed by atoms with Gasteiger partial charge in [-0.05, 0) is 60.9 Å². The molecule has 0 aromatic heterocycles. The molecule has 0 fully saturated rings. The van der Waals surface area contributed by atoms with Crippen LogP contribution in [0.25, 0.3) is 0 Å². The highest BCUT2D eigenvalue weighted by molar-refractivity contribution is 7.92. The summed E-state index contributed by atoms with van der Waals surface area (Å²) in [6.07, 6.45) is 1.89. The molecule has 0 aliphatic carbocycles. The number of nitrogens with zero attached hydrogens (tertiary/aromatic N) is 2. The van der Waals surface area contributed by atoms with Crippen molar-refractivity contribution in [3.8, 4) is 0 Å². The molecule has 0 heterocycles. The molecule has 0 aliphatic heterocycles. The van der Waals surface area contributed by atoms with Gasteiger partial charge < -0.3 is 10.2 Å². The lowest BCUT2D eigenvalue weighted by Gasteiger charge is -2.34. The summed E-state index contributed by atoms with van der Waals surface area (Å²) in [5.41, 5.74) is 2.77. The third kappa shape index (κ3) is 9.10. The van der Waals surface area contributed by atoms with Crippen molar-refractivity contribution in [2.45, 2.75) is 50.6 Å². The summed E-state index contributed by atoms with van der Waals surface area (Å²) < 4.78 is 29.2. The van der Waals surface area contributed by atoms with E-state index < -0.39 is 28.5 Å². The van der Waals surface area contributed by atoms with Gasteiger partial charge in [0.05, 0.1) is 20.6 Å². The third-order valence-electron chi connectivity index (χ3n) is 7.37. The topological polar surface area (TPSA) is 86.8 Å². The van der Waals surface area contributed by atoms with E-state index in [-0.39, 0.29) is 23.8 Å². The maximum Gasteiger partial charge on any atom is 0.264 e. The number of benzene rings is 4. The van der Waals surface area contributed by atoms with Crippen LogP contribution in [0.15, 0.2) is 108 Å². The van der Waals surface area contributed by atoms with Crippen LogP contribution < -0.4 is 9.62 Å². The monoisotopic (exact) mass is 665 g/mol. The number of rotatable bonds is 14. The Morgan fingerprint density at radius 3 is 2.09 bits per heavy atom. The predicted octanol–water partition coefficient (Wildman–Crippen LogP) is 7.05. The van der Waals surface area contributed by atoms with E-state index in [1.54, 1.807) is 60.7 Å². The number of anilines is 1. The Morgan fingerprint density at radius 1 is 0.822 bits per heavy atom. The summed E-state index contributed by atoms with van der Waals surface area (Å²) in [5, 5.41) is 3.65. The van der Waals surface area contributed by atoms with Gasteiger partial charge in [0.2, 0.25) is 11.8 Å². The average molecular weight is 667 g/mol. The van der Waals surface area contributed by atoms with Crippen molar-refractivity contribution >= 4 is 50.7 Å². The van der Waals surface area contributed by atoms with E-state index in [2.05, 4.69) is 5.32 Å². The van der Waals surface area contributed by atoms with Gasteiger partial charge in [-0.25, -0.2) is 8.42 Å². The summed E-state index contributed by atoms with van der Waals surface area (Å²) in [6.45, 7) is 3.85. The smallest absolute Gasteiger partial charge is 0.264 e. The molecular weight excluding hydrogens is 629 g/mol. The van der Waals surface area contributed by atoms with Gasteiger partial charge >= 0.3 is 0 Å². The number of carbonyl (C=O) groups is 2. The van der Waals surface area contributed by atoms with E-state index in [9.17, 15) is 18.0 Å². The number of hydrogen-bond acceptors (Lipinski definition) is 4. The third-order valence-corrected chi connectivity index (χ3v) is 9.90. The second kappa shape index (κ2) is 15.9. The minimum atomic E-state index is -4.16. The molecule has 1 atom stereocenters. The molecule has 7 nitrogen and oxygen atoms in total. The lowest BCUT2D eigenvalue weighted by molar-refractivity contribution is -0.140. The van der Waals surface area contributed by atoms with Crippen LogP contribution in [0.3, 0.4) is 0 Å². The maximum absolute atomic E-state index is 14.5. The van der Waals surface area contributed by atoms with Gasteiger partial charge in [-0.1, -0.05) is 109 Å². The summed E-state index contributed by atoms with van der Waals surface area (Å²) >= 11 is 12.5. The van der Waals surface area contributed by atoms with Crippen LogP contribution in [0, 0.1) is 6.92 Å². The molecule has 0 aliphatic rings. The van der Waals surface area contributed by atoms with Crippen molar-refractivity contribution < 1.29 is 18.0 Å². The van der Waals surface area contributed by atoms with Crippen molar-refractivity contribution in [2.24, 2.45) is 0 Å². The normalized spacial score (nSPS) is 11.9. The quantitative estimate of drug-likeness (QED) is 0.146. The molecule has 45 heavy (non-hydrogen) atoms. The highest BCUT2D eigenvalue weighted by Crippen LogP contribution is 2.27. The maximum atomic E-state index is 14.5. The minimum Gasteiger partial charge on any atom is -0.354 e. The fourth-order valence-corrected chi connectivity index (χ4v) is 6.61. The zero-order valence-electron chi connectivity index (χ0n) is 25.3. The van der Waals surface area contributed by atoms with Crippen molar-refractivity contribution in [1.82, 2.24) is 10.2 Å². The molecule has 236 valence electrons. The van der Waals surface area contributed by atoms with Crippen LogP contribution in [0.1, 0.15) is 36.5 Å². The molecule has 4 aromatic carbocycles. The van der Waals surface area contributed by atoms with E-state index in [0.717, 1.165) is 28.3 Å². The van der Waals surface area contributed by atoms with Gasteiger partial charge in [0.15, 0.2) is 0 Å². The van der Waals surface area contributed by atoms with Crippen LogP contribution >= 0.6 is 23.2 Å². The molecule has 0 unspecified atom stereocenters. The van der Waals surface area contributed by atoms with Crippen LogP contribution in [0.5, 0.6) is 0 Å². The highest BCUT2D eigenvalue weighted by Gasteiger charge is 2.34. The van der Waals surface area contributed by atoms with Gasteiger partial charge in [0.25, 0.3) is 10.0 Å². The number of sulfonamides is 1. The number of halogens is 2. The van der Waals surface area contributed by atoms with Crippen molar-refractivity contribution in [3.05, 3.63) is 130 Å². The summed E-state index contributed by atoms with van der Waals surface area (Å²) in [4.78, 5) is 29.8. The first kappa shape index (κ1) is 34.0. The first-order chi connectivity index (χ1) is 21.6. The number of aryl methyl sites for hydroxylation is 1. The predicted molar refractivity (Wildman–Crippen MR) is 181 cm³/mol. The van der Waals surface area contributed by atoms with Crippen molar-refractivity contribution in [3.63, 3.8) is 0 Å². The fraction of sp³-hybridized carbons (Fsp3) is 0.257. The molecule has 0 saturated heterocycles. The SMILES string of the molecule is CCCCNC(=O)[C@@H](Cc1ccccc1)N(Cc1ccc(Cl)c(Cl)c1)C(=O)CN(c1ccc(C)cc1)S(=O)(=O)c1ccccc1. The summed E-state index contributed by atoms with van der Waals surface area (Å²) in [7, 11) is -4.16. The van der Waals surface area contributed by atoms with Crippen LogP contribution in [0.2, 0.25) is 10.0 Å². The Morgan fingerprint density at radius 2 is 1.47 bits per heavy atom. The van der Waals surface area contributed by atoms with Crippen LogP contribution in [-0.4, -0.2) is 44.3 Å². The first-order valence-electron chi connectivity index (χ1n) is 14.8. The molecule has 0 radical (unpaired) electrons. The Balaban J connectivity index is 1.79. The number of nitrogens with one attached hydrogen (secondary N) is 1. The molecule has 0 saturated carbocycles. The largest absolute Gasteiger partial charge is 0.354 e. The molecule has 4 rings (SSSR count). The van der Waals surface area contributed by atoms with Crippen LogP contribution in [-0.2, 0) is 32.6 Å². The molecule has 0 spiro atoms. The molecule has 0 bridgehead atoms. The van der Waals surface area contributed by atoms with Gasteiger partial charge in [0.1, 0.15) is 12.6 Å². The van der Waals surface area contributed by atoms with E-state index in [4.69, 9.17) is 23.2 Å². The van der Waals surface area contributed by atoms with Crippen molar-refractivity contribution in [2.75, 3.05) is 17.4 Å². The lowest BCUT2D eigenvalue weighted by atomic mass is 10.0. The van der Waals surface area contributed by atoms with Crippen molar-refractivity contribution in [1.29, 1.82) is 0 Å². The molecular formula is C35H37Cl2N3O4S. The van der Waals surface area contributed by atoms with Gasteiger partial charge in [-0.2, -0.15) is 0 Å². The number of hydrogen-bond donors (Lipinski definition) is 1. The summed E-state index contributed by atoms with van der Waals surface area (Å²) in [6, 6.07) is 28.4. The second-order valence-corrected chi connectivity index (χ2v) is 13.5. The molecule has 2 amide bonds. The first-order valence-corrected chi connectivity index (χ1v) is 17.0. The Bertz CT molecular complexity index is 1690. The molecule has 10 heteroatoms. The number of carbonyl (C=O) groups excluding carboxylic acids is 2. The lowest BCUT2D eigenvalue weighted by Crippen LogP contribution is -2.53. The van der Waals surface area contributed by atoms with E-state index >= 15 is 0 Å². The number of unbranched alkanes of at least 4 members (excludes halogenated alkanes) is 1. The van der Waals surface area contributed by atoms with E-state index in [1.807, 2.05) is 44.2 Å². The Labute approximate surface area is 275 Å². The minimum absolute atomic E-state index is 0.00153. The Kier molecular flexibility index (Phi) is 12.0. The molecule has 4 aromatic rings. The molecule has 1 N–H and O–H groups in total. The highest BCUT2D eigenvalue weighted by atomic mass is 35.5. The van der Waals surface area contributed by atoms with Gasteiger partial charge in [0, 0.05) is 19.5 Å². The Hall–Kier alpha value is -3.85. The zero-order valence-corrected chi connectivity index (χ0v) is 27.7. The van der Waals surface area contributed by atoms with Gasteiger partial charge in [-0.15, -0.1) is 0 Å². The van der Waals surface area contributed by atoms with E-state index in [1.165, 1.54) is 17.0 Å². The number of amides is 2. The standard InChI is InChI=1S/C35H37Cl2N3O4S/c1-3-4-21-38-35(42)33(23-27-11-7-5-8-12-27)39(24-28-17-20-31(36)32(37)22-28)34(41)25-40(29-18-15-26(2)16-19-29)45(43,44)30-13-9-6-10-14-30/h5-20,22,33H,3-4,21,23-25H2,1-2H3,(H,38,42)/t33-/m1/s1. The van der Waals surface area contributed by atoms with Gasteiger partial charge in [-0.3, -0.25) is 13.9 Å². The average Bonchev–Trinajstić information content (AvgIpc) is 3.04. The fourth-order valence-electron chi connectivity index (χ4n) is 4.85.